The van der Waals surface area contributed by atoms with Crippen molar-refractivity contribution in [1.29, 1.82) is 0 Å². The van der Waals surface area contributed by atoms with Crippen molar-refractivity contribution in [3.8, 4) is 11.3 Å². The lowest BCUT2D eigenvalue weighted by Gasteiger charge is -2.06. The van der Waals surface area contributed by atoms with Gasteiger partial charge >= 0.3 is 6.18 Å². The van der Waals surface area contributed by atoms with Crippen LogP contribution in [0.15, 0.2) is 34.9 Å². The number of benzene rings is 1. The maximum atomic E-state index is 12.5. The Hall–Kier alpha value is -2.11. The molecule has 1 aromatic heterocycles. The Labute approximate surface area is 93.9 Å². The van der Waals surface area contributed by atoms with Crippen molar-refractivity contribution >= 4 is 6.29 Å². The number of aldehydes is 1. The van der Waals surface area contributed by atoms with Gasteiger partial charge in [-0.3, -0.25) is 4.79 Å². The molecule has 3 nitrogen and oxygen atoms in total. The second kappa shape index (κ2) is 4.04. The monoisotopic (exact) mass is 241 g/mol. The fourth-order valence-corrected chi connectivity index (χ4v) is 1.33. The van der Waals surface area contributed by atoms with Crippen molar-refractivity contribution in [3.63, 3.8) is 0 Å². The number of hydrogen-bond acceptors (Lipinski definition) is 3. The lowest BCUT2D eigenvalue weighted by molar-refractivity contribution is -0.137. The van der Waals surface area contributed by atoms with Crippen molar-refractivity contribution in [2.45, 2.75) is 6.18 Å². The topological polar surface area (TPSA) is 43.1 Å². The molecule has 0 atom stereocenters. The fraction of sp³-hybridized carbons (Fsp3) is 0.0909. The molecule has 0 amide bonds. The lowest BCUT2D eigenvalue weighted by atomic mass is 10.1. The molecule has 6 heteroatoms. The van der Waals surface area contributed by atoms with Gasteiger partial charge < -0.3 is 4.42 Å². The Kier molecular flexibility index (Phi) is 2.71. The number of aromatic nitrogens is 1. The highest BCUT2D eigenvalue weighted by Gasteiger charge is 2.30. The SMILES string of the molecule is O=Cc1nc(-c2cccc(C(F)(F)F)c2)co1. The molecule has 0 bridgehead atoms. The molecule has 0 spiro atoms. The van der Waals surface area contributed by atoms with E-state index < -0.39 is 11.7 Å². The van der Waals surface area contributed by atoms with Crippen LogP contribution >= 0.6 is 0 Å². The van der Waals surface area contributed by atoms with Crippen LogP contribution in [0, 0.1) is 0 Å². The summed E-state index contributed by atoms with van der Waals surface area (Å²) in [6.07, 6.45) is -2.89. The molecule has 1 heterocycles. The van der Waals surface area contributed by atoms with E-state index in [-0.39, 0.29) is 17.1 Å². The Balaban J connectivity index is 2.42. The summed E-state index contributed by atoms with van der Waals surface area (Å²) in [4.78, 5) is 14.1. The van der Waals surface area contributed by atoms with E-state index in [1.807, 2.05) is 0 Å². The van der Waals surface area contributed by atoms with Crippen LogP contribution in [0.4, 0.5) is 13.2 Å². The van der Waals surface area contributed by atoms with Gasteiger partial charge in [0.15, 0.2) is 0 Å². The molecule has 2 aromatic rings. The van der Waals surface area contributed by atoms with Crippen LogP contribution in [0.1, 0.15) is 16.2 Å². The Morgan fingerprint density at radius 1 is 1.29 bits per heavy atom. The summed E-state index contributed by atoms with van der Waals surface area (Å²) in [5, 5.41) is 0. The minimum absolute atomic E-state index is 0.169. The third kappa shape index (κ3) is 2.35. The highest BCUT2D eigenvalue weighted by molar-refractivity contribution is 5.70. The number of carbonyl (C=O) groups excluding carboxylic acids is 1. The molecule has 17 heavy (non-hydrogen) atoms. The largest absolute Gasteiger partial charge is 0.442 e. The molecular weight excluding hydrogens is 235 g/mol. The van der Waals surface area contributed by atoms with Gasteiger partial charge in [0.05, 0.1) is 5.56 Å². The van der Waals surface area contributed by atoms with E-state index in [1.165, 1.54) is 12.1 Å². The Morgan fingerprint density at radius 3 is 2.65 bits per heavy atom. The third-order valence-corrected chi connectivity index (χ3v) is 2.11. The van der Waals surface area contributed by atoms with E-state index in [9.17, 15) is 18.0 Å². The molecule has 0 unspecified atom stereocenters. The van der Waals surface area contributed by atoms with E-state index in [2.05, 4.69) is 4.98 Å². The summed E-state index contributed by atoms with van der Waals surface area (Å²) in [7, 11) is 0. The molecule has 0 saturated carbocycles. The molecule has 2 rings (SSSR count). The van der Waals surface area contributed by atoms with Crippen molar-refractivity contribution in [1.82, 2.24) is 4.98 Å². The van der Waals surface area contributed by atoms with Gasteiger partial charge in [0.25, 0.3) is 5.89 Å². The number of hydrogen-bond donors (Lipinski definition) is 0. The van der Waals surface area contributed by atoms with E-state index in [1.54, 1.807) is 0 Å². The first-order valence-electron chi connectivity index (χ1n) is 4.59. The minimum atomic E-state index is -4.41. The Morgan fingerprint density at radius 2 is 2.06 bits per heavy atom. The molecular formula is C11H6F3NO2. The Bertz CT molecular complexity index is 546. The first-order valence-corrected chi connectivity index (χ1v) is 4.59. The van der Waals surface area contributed by atoms with Crippen LogP contribution in [-0.2, 0) is 6.18 Å². The van der Waals surface area contributed by atoms with E-state index in [4.69, 9.17) is 4.42 Å². The number of alkyl halides is 3. The maximum Gasteiger partial charge on any atom is 0.416 e. The van der Waals surface area contributed by atoms with Gasteiger partial charge in [0, 0.05) is 5.56 Å². The highest BCUT2D eigenvalue weighted by atomic mass is 19.4. The molecule has 0 fully saturated rings. The third-order valence-electron chi connectivity index (χ3n) is 2.11. The van der Waals surface area contributed by atoms with Gasteiger partial charge in [0.1, 0.15) is 12.0 Å². The summed E-state index contributed by atoms with van der Waals surface area (Å²) in [5.74, 6) is -0.169. The van der Waals surface area contributed by atoms with Gasteiger partial charge in [0.2, 0.25) is 6.29 Å². The van der Waals surface area contributed by atoms with Crippen LogP contribution < -0.4 is 0 Å². The smallest absolute Gasteiger partial charge is 0.416 e. The van der Waals surface area contributed by atoms with E-state index in [0.29, 0.717) is 6.29 Å². The summed E-state index contributed by atoms with van der Waals surface area (Å²) in [5.41, 5.74) is -0.333. The number of oxazole rings is 1. The number of carbonyl (C=O) groups is 1. The van der Waals surface area contributed by atoms with Gasteiger partial charge in [-0.25, -0.2) is 4.98 Å². The van der Waals surface area contributed by atoms with Crippen LogP contribution in [0.5, 0.6) is 0 Å². The standard InChI is InChI=1S/C11H6F3NO2/c12-11(13,14)8-3-1-2-7(4-8)9-6-17-10(5-16)15-9/h1-6H. The molecule has 88 valence electrons. The summed E-state index contributed by atoms with van der Waals surface area (Å²) < 4.78 is 42.1. The highest BCUT2D eigenvalue weighted by Crippen LogP contribution is 2.31. The van der Waals surface area contributed by atoms with Crippen LogP contribution in [0.3, 0.4) is 0 Å². The average Bonchev–Trinajstić information content (AvgIpc) is 2.76. The zero-order valence-corrected chi connectivity index (χ0v) is 8.36. The normalized spacial score (nSPS) is 11.5. The van der Waals surface area contributed by atoms with Crippen LogP contribution in [0.25, 0.3) is 11.3 Å². The second-order valence-electron chi connectivity index (χ2n) is 3.27. The molecule has 0 radical (unpaired) electrons. The van der Waals surface area contributed by atoms with Crippen molar-refractivity contribution in [3.05, 3.63) is 42.0 Å². The quantitative estimate of drug-likeness (QED) is 0.758. The number of nitrogens with zero attached hydrogens (tertiary/aromatic N) is 1. The van der Waals surface area contributed by atoms with Gasteiger partial charge in [-0.05, 0) is 12.1 Å². The number of halogens is 3. The average molecular weight is 241 g/mol. The molecule has 0 N–H and O–H groups in total. The van der Waals surface area contributed by atoms with E-state index in [0.717, 1.165) is 18.4 Å². The maximum absolute atomic E-state index is 12.5. The lowest BCUT2D eigenvalue weighted by Crippen LogP contribution is -2.04. The van der Waals surface area contributed by atoms with Gasteiger partial charge in [-0.1, -0.05) is 12.1 Å². The van der Waals surface area contributed by atoms with Crippen molar-refractivity contribution < 1.29 is 22.4 Å². The molecule has 0 aliphatic rings. The molecule has 0 saturated heterocycles. The first-order chi connectivity index (χ1) is 8.00. The number of rotatable bonds is 2. The molecule has 1 aromatic carbocycles. The second-order valence-corrected chi connectivity index (χ2v) is 3.27. The minimum Gasteiger partial charge on any atom is -0.442 e. The molecule has 0 aliphatic heterocycles. The van der Waals surface area contributed by atoms with E-state index >= 15 is 0 Å². The van der Waals surface area contributed by atoms with Crippen molar-refractivity contribution in [2.75, 3.05) is 0 Å². The summed E-state index contributed by atoms with van der Waals surface area (Å²) in [6.45, 7) is 0. The first kappa shape index (κ1) is 11.4. The van der Waals surface area contributed by atoms with Gasteiger partial charge in [-0.2, -0.15) is 13.2 Å². The predicted molar refractivity (Wildman–Crippen MR) is 52.3 cm³/mol. The predicted octanol–water partition coefficient (Wildman–Crippen LogP) is 3.17. The van der Waals surface area contributed by atoms with Crippen LogP contribution in [0.2, 0.25) is 0 Å². The summed E-state index contributed by atoms with van der Waals surface area (Å²) in [6, 6.07) is 4.64. The van der Waals surface area contributed by atoms with Crippen LogP contribution in [-0.4, -0.2) is 11.3 Å². The van der Waals surface area contributed by atoms with Gasteiger partial charge in [-0.15, -0.1) is 0 Å². The fourth-order valence-electron chi connectivity index (χ4n) is 1.33. The van der Waals surface area contributed by atoms with Crippen molar-refractivity contribution in [2.24, 2.45) is 0 Å². The zero-order valence-electron chi connectivity index (χ0n) is 8.36. The molecule has 0 aliphatic carbocycles. The zero-order chi connectivity index (χ0) is 12.5. The summed E-state index contributed by atoms with van der Waals surface area (Å²) >= 11 is 0.